The molecular formula is C21H21ClN2O3. The first-order chi connectivity index (χ1) is 13.0. The fourth-order valence-electron chi connectivity index (χ4n) is 2.44. The molecule has 140 valence electrons. The number of nitriles is 1. The molecule has 0 saturated carbocycles. The van der Waals surface area contributed by atoms with Crippen LogP contribution in [-0.4, -0.2) is 19.1 Å². The normalized spacial score (nSPS) is 10.9. The van der Waals surface area contributed by atoms with E-state index in [9.17, 15) is 10.1 Å². The second kappa shape index (κ2) is 9.65. The summed E-state index contributed by atoms with van der Waals surface area (Å²) in [5.41, 5.74) is 2.10. The number of carbonyl (C=O) groups is 1. The fourth-order valence-corrected chi connectivity index (χ4v) is 2.71. The highest BCUT2D eigenvalue weighted by molar-refractivity contribution is 6.32. The summed E-state index contributed by atoms with van der Waals surface area (Å²) < 4.78 is 11.1. The van der Waals surface area contributed by atoms with E-state index in [1.54, 1.807) is 18.2 Å². The third-order valence-electron chi connectivity index (χ3n) is 3.69. The Bertz CT molecular complexity index is 901. The van der Waals surface area contributed by atoms with E-state index in [0.29, 0.717) is 41.0 Å². The van der Waals surface area contributed by atoms with Crippen LogP contribution < -0.4 is 14.8 Å². The van der Waals surface area contributed by atoms with Gasteiger partial charge in [0.05, 0.1) is 18.2 Å². The van der Waals surface area contributed by atoms with Crippen molar-refractivity contribution < 1.29 is 14.3 Å². The van der Waals surface area contributed by atoms with Gasteiger partial charge in [0, 0.05) is 5.69 Å². The van der Waals surface area contributed by atoms with Crippen LogP contribution >= 0.6 is 11.6 Å². The second-order valence-electron chi connectivity index (χ2n) is 5.63. The summed E-state index contributed by atoms with van der Waals surface area (Å²) in [6, 6.07) is 12.6. The highest BCUT2D eigenvalue weighted by atomic mass is 35.5. The van der Waals surface area contributed by atoms with Crippen molar-refractivity contribution in [1.29, 1.82) is 5.26 Å². The molecule has 0 saturated heterocycles. The Labute approximate surface area is 164 Å². The van der Waals surface area contributed by atoms with Crippen molar-refractivity contribution in [2.24, 2.45) is 0 Å². The first-order valence-corrected chi connectivity index (χ1v) is 8.95. The van der Waals surface area contributed by atoms with E-state index in [1.165, 1.54) is 6.08 Å². The topological polar surface area (TPSA) is 71.3 Å². The van der Waals surface area contributed by atoms with E-state index in [1.807, 2.05) is 45.0 Å². The quantitative estimate of drug-likeness (QED) is 0.539. The van der Waals surface area contributed by atoms with Gasteiger partial charge in [0.2, 0.25) is 0 Å². The zero-order chi connectivity index (χ0) is 19.8. The lowest BCUT2D eigenvalue weighted by molar-refractivity contribution is -0.112. The van der Waals surface area contributed by atoms with Crippen LogP contribution in [0.1, 0.15) is 25.0 Å². The van der Waals surface area contributed by atoms with Gasteiger partial charge in [-0.15, -0.1) is 0 Å². The van der Waals surface area contributed by atoms with E-state index in [4.69, 9.17) is 21.1 Å². The number of ether oxygens (including phenoxy) is 2. The summed E-state index contributed by atoms with van der Waals surface area (Å²) in [7, 11) is 0. The van der Waals surface area contributed by atoms with Crippen molar-refractivity contribution in [2.45, 2.75) is 20.8 Å². The molecule has 2 rings (SSSR count). The summed E-state index contributed by atoms with van der Waals surface area (Å²) in [6.45, 7) is 6.46. The molecule has 0 heterocycles. The number of benzene rings is 2. The smallest absolute Gasteiger partial charge is 0.266 e. The molecule has 0 aromatic heterocycles. The van der Waals surface area contributed by atoms with Crippen LogP contribution in [0.5, 0.6) is 11.5 Å². The molecule has 0 aliphatic carbocycles. The Hall–Kier alpha value is -2.97. The first-order valence-electron chi connectivity index (χ1n) is 8.58. The average Bonchev–Trinajstić information content (AvgIpc) is 2.64. The molecule has 2 aromatic carbocycles. The van der Waals surface area contributed by atoms with Crippen LogP contribution in [0.4, 0.5) is 5.69 Å². The maximum absolute atomic E-state index is 12.5. The number of para-hydroxylation sites is 1. The van der Waals surface area contributed by atoms with E-state index in [0.717, 1.165) is 5.56 Å². The van der Waals surface area contributed by atoms with Crippen molar-refractivity contribution in [3.05, 3.63) is 58.1 Å². The monoisotopic (exact) mass is 384 g/mol. The molecule has 27 heavy (non-hydrogen) atoms. The molecule has 0 aliphatic rings. The van der Waals surface area contributed by atoms with Gasteiger partial charge in [-0.2, -0.15) is 5.26 Å². The van der Waals surface area contributed by atoms with Crippen LogP contribution in [0.3, 0.4) is 0 Å². The number of aryl methyl sites for hydroxylation is 1. The fraction of sp³-hybridized carbons (Fsp3) is 0.238. The number of halogens is 1. The van der Waals surface area contributed by atoms with Gasteiger partial charge in [-0.1, -0.05) is 29.8 Å². The van der Waals surface area contributed by atoms with Crippen LogP contribution in [0, 0.1) is 18.3 Å². The van der Waals surface area contributed by atoms with Gasteiger partial charge in [-0.3, -0.25) is 4.79 Å². The first kappa shape index (κ1) is 20.3. The molecule has 1 amide bonds. The number of nitrogens with zero attached hydrogens (tertiary/aromatic N) is 1. The third kappa shape index (κ3) is 5.25. The van der Waals surface area contributed by atoms with Crippen LogP contribution in [0.2, 0.25) is 5.02 Å². The lowest BCUT2D eigenvalue weighted by atomic mass is 10.1. The molecule has 0 aliphatic heterocycles. The zero-order valence-electron chi connectivity index (χ0n) is 15.5. The van der Waals surface area contributed by atoms with Crippen molar-refractivity contribution >= 4 is 29.3 Å². The predicted molar refractivity (Wildman–Crippen MR) is 107 cm³/mol. The van der Waals surface area contributed by atoms with E-state index >= 15 is 0 Å². The Balaban J connectivity index is 2.35. The summed E-state index contributed by atoms with van der Waals surface area (Å²) in [4.78, 5) is 12.5. The maximum atomic E-state index is 12.5. The number of amides is 1. The summed E-state index contributed by atoms with van der Waals surface area (Å²) in [5, 5.41) is 12.5. The zero-order valence-corrected chi connectivity index (χ0v) is 16.3. The number of hydrogen-bond acceptors (Lipinski definition) is 4. The van der Waals surface area contributed by atoms with Gasteiger partial charge in [-0.25, -0.2) is 0 Å². The Morgan fingerprint density at radius 3 is 2.56 bits per heavy atom. The number of hydrogen-bond donors (Lipinski definition) is 1. The lowest BCUT2D eigenvalue weighted by Gasteiger charge is -2.13. The minimum absolute atomic E-state index is 0.0408. The predicted octanol–water partition coefficient (Wildman–Crippen LogP) is 4.99. The molecule has 6 heteroatoms. The maximum Gasteiger partial charge on any atom is 0.266 e. The highest BCUT2D eigenvalue weighted by Crippen LogP contribution is 2.37. The van der Waals surface area contributed by atoms with Crippen molar-refractivity contribution in [2.75, 3.05) is 18.5 Å². The Morgan fingerprint density at radius 2 is 1.93 bits per heavy atom. The number of carbonyl (C=O) groups excluding carboxylic acids is 1. The average molecular weight is 385 g/mol. The van der Waals surface area contributed by atoms with E-state index in [-0.39, 0.29) is 5.57 Å². The van der Waals surface area contributed by atoms with Crippen molar-refractivity contribution in [3.8, 4) is 17.6 Å². The standard InChI is InChI=1S/C21H21ClN2O3/c1-4-26-19-12-15(11-17(22)20(19)27-5-2)10-16(13-23)21(25)24-18-9-7-6-8-14(18)3/h6-12H,4-5H2,1-3H3,(H,24,25)/b16-10+. The van der Waals surface area contributed by atoms with E-state index < -0.39 is 5.91 Å². The summed E-state index contributed by atoms with van der Waals surface area (Å²) in [5.74, 6) is 0.422. The molecule has 1 N–H and O–H groups in total. The Kier molecular flexibility index (Phi) is 7.27. The molecule has 5 nitrogen and oxygen atoms in total. The largest absolute Gasteiger partial charge is 0.490 e. The summed E-state index contributed by atoms with van der Waals surface area (Å²) >= 11 is 6.29. The molecule has 0 bridgehead atoms. The number of nitrogens with one attached hydrogen (secondary N) is 1. The lowest BCUT2D eigenvalue weighted by Crippen LogP contribution is -2.14. The number of anilines is 1. The van der Waals surface area contributed by atoms with Gasteiger partial charge in [0.1, 0.15) is 11.6 Å². The third-order valence-corrected chi connectivity index (χ3v) is 3.97. The molecule has 0 fully saturated rings. The molecule has 0 radical (unpaired) electrons. The Morgan fingerprint density at radius 1 is 1.22 bits per heavy atom. The van der Waals surface area contributed by atoms with Gasteiger partial charge in [0.25, 0.3) is 5.91 Å². The number of rotatable bonds is 7. The van der Waals surface area contributed by atoms with Gasteiger partial charge >= 0.3 is 0 Å². The highest BCUT2D eigenvalue weighted by Gasteiger charge is 2.14. The van der Waals surface area contributed by atoms with Gasteiger partial charge in [0.15, 0.2) is 11.5 Å². The van der Waals surface area contributed by atoms with Crippen LogP contribution in [0.25, 0.3) is 6.08 Å². The van der Waals surface area contributed by atoms with Crippen LogP contribution in [-0.2, 0) is 4.79 Å². The van der Waals surface area contributed by atoms with E-state index in [2.05, 4.69) is 5.32 Å². The SMILES string of the molecule is CCOc1cc(/C=C(\C#N)C(=O)Nc2ccccc2C)cc(Cl)c1OCC. The van der Waals surface area contributed by atoms with Crippen molar-refractivity contribution in [1.82, 2.24) is 0 Å². The van der Waals surface area contributed by atoms with Crippen molar-refractivity contribution in [3.63, 3.8) is 0 Å². The van der Waals surface area contributed by atoms with Gasteiger partial charge < -0.3 is 14.8 Å². The second-order valence-corrected chi connectivity index (χ2v) is 6.04. The van der Waals surface area contributed by atoms with Gasteiger partial charge in [-0.05, 0) is 56.2 Å². The minimum atomic E-state index is -0.491. The molecule has 2 aromatic rings. The van der Waals surface area contributed by atoms with Crippen LogP contribution in [0.15, 0.2) is 42.0 Å². The minimum Gasteiger partial charge on any atom is -0.490 e. The molecule has 0 unspecified atom stereocenters. The molecule has 0 atom stereocenters. The molecular weight excluding hydrogens is 364 g/mol. The molecule has 0 spiro atoms. The summed E-state index contributed by atoms with van der Waals surface area (Å²) in [6.07, 6.45) is 1.47.